The van der Waals surface area contributed by atoms with Crippen molar-refractivity contribution in [1.29, 1.82) is 0 Å². The Labute approximate surface area is 90.9 Å². The molecule has 0 bridgehead atoms. The molecule has 0 aliphatic heterocycles. The summed E-state index contributed by atoms with van der Waals surface area (Å²) < 4.78 is 5.48. The molecule has 0 heterocycles. The van der Waals surface area contributed by atoms with E-state index in [4.69, 9.17) is 15.6 Å². The van der Waals surface area contributed by atoms with Crippen LogP contribution in [0.25, 0.3) is 0 Å². The molecule has 3 heteroatoms. The van der Waals surface area contributed by atoms with Crippen molar-refractivity contribution in [2.24, 2.45) is 5.73 Å². The molecule has 0 aliphatic rings. The SMILES string of the molecule is CC(c1ccccc1)C(CN)OCCO. The molecule has 0 aromatic heterocycles. The van der Waals surface area contributed by atoms with Gasteiger partial charge in [0, 0.05) is 12.5 Å². The summed E-state index contributed by atoms with van der Waals surface area (Å²) in [6.07, 6.45) is -0.0282. The van der Waals surface area contributed by atoms with Gasteiger partial charge in [0.15, 0.2) is 0 Å². The van der Waals surface area contributed by atoms with E-state index < -0.39 is 0 Å². The number of benzene rings is 1. The van der Waals surface area contributed by atoms with Crippen molar-refractivity contribution in [2.75, 3.05) is 19.8 Å². The van der Waals surface area contributed by atoms with Crippen LogP contribution in [0.3, 0.4) is 0 Å². The zero-order valence-electron chi connectivity index (χ0n) is 9.10. The van der Waals surface area contributed by atoms with Crippen LogP contribution in [0.15, 0.2) is 30.3 Å². The van der Waals surface area contributed by atoms with E-state index in [-0.39, 0.29) is 18.6 Å². The van der Waals surface area contributed by atoms with E-state index in [1.54, 1.807) is 0 Å². The van der Waals surface area contributed by atoms with E-state index in [9.17, 15) is 0 Å². The first-order valence-electron chi connectivity index (χ1n) is 5.27. The van der Waals surface area contributed by atoms with E-state index >= 15 is 0 Å². The number of hydrogen-bond acceptors (Lipinski definition) is 3. The summed E-state index contributed by atoms with van der Waals surface area (Å²) in [5.41, 5.74) is 6.86. The lowest BCUT2D eigenvalue weighted by Gasteiger charge is -2.23. The van der Waals surface area contributed by atoms with Gasteiger partial charge in [-0.3, -0.25) is 0 Å². The number of aliphatic hydroxyl groups is 1. The summed E-state index contributed by atoms with van der Waals surface area (Å²) in [6, 6.07) is 10.1. The van der Waals surface area contributed by atoms with Crippen molar-refractivity contribution < 1.29 is 9.84 Å². The minimum absolute atomic E-state index is 0.0282. The summed E-state index contributed by atoms with van der Waals surface area (Å²) in [4.78, 5) is 0. The average Bonchev–Trinajstić information content (AvgIpc) is 2.31. The van der Waals surface area contributed by atoms with Crippen molar-refractivity contribution in [3.8, 4) is 0 Å². The van der Waals surface area contributed by atoms with Crippen LogP contribution in [0.5, 0.6) is 0 Å². The van der Waals surface area contributed by atoms with Gasteiger partial charge in [0.2, 0.25) is 0 Å². The highest BCUT2D eigenvalue weighted by Crippen LogP contribution is 2.20. The minimum Gasteiger partial charge on any atom is -0.394 e. The summed E-state index contributed by atoms with van der Waals surface area (Å²) in [7, 11) is 0. The van der Waals surface area contributed by atoms with Gasteiger partial charge in [0.05, 0.1) is 19.3 Å². The van der Waals surface area contributed by atoms with Crippen LogP contribution in [0.1, 0.15) is 18.4 Å². The van der Waals surface area contributed by atoms with Gasteiger partial charge >= 0.3 is 0 Å². The van der Waals surface area contributed by atoms with Crippen LogP contribution >= 0.6 is 0 Å². The van der Waals surface area contributed by atoms with E-state index in [2.05, 4.69) is 19.1 Å². The quantitative estimate of drug-likeness (QED) is 0.738. The molecular weight excluding hydrogens is 190 g/mol. The Morgan fingerprint density at radius 2 is 2.00 bits per heavy atom. The fraction of sp³-hybridized carbons (Fsp3) is 0.500. The molecule has 0 saturated heterocycles. The molecule has 0 amide bonds. The Bertz CT molecular complexity index is 264. The van der Waals surface area contributed by atoms with E-state index in [0.29, 0.717) is 13.2 Å². The van der Waals surface area contributed by atoms with Crippen LogP contribution < -0.4 is 5.73 Å². The predicted molar refractivity (Wildman–Crippen MR) is 60.7 cm³/mol. The largest absolute Gasteiger partial charge is 0.394 e. The molecule has 3 nitrogen and oxygen atoms in total. The Morgan fingerprint density at radius 1 is 1.33 bits per heavy atom. The molecule has 1 aromatic rings. The molecule has 2 unspecified atom stereocenters. The second-order valence-electron chi connectivity index (χ2n) is 3.57. The lowest BCUT2D eigenvalue weighted by atomic mass is 9.95. The molecule has 3 N–H and O–H groups in total. The van der Waals surface area contributed by atoms with Gasteiger partial charge in [-0.15, -0.1) is 0 Å². The Kier molecular flexibility index (Phi) is 5.32. The fourth-order valence-electron chi connectivity index (χ4n) is 1.59. The van der Waals surface area contributed by atoms with E-state index in [0.717, 1.165) is 0 Å². The lowest BCUT2D eigenvalue weighted by Crippen LogP contribution is -2.30. The summed E-state index contributed by atoms with van der Waals surface area (Å²) in [5, 5.41) is 8.70. The van der Waals surface area contributed by atoms with E-state index in [1.807, 2.05) is 18.2 Å². The number of nitrogens with two attached hydrogens (primary N) is 1. The number of rotatable bonds is 6. The maximum absolute atomic E-state index is 8.70. The van der Waals surface area contributed by atoms with Crippen LogP contribution in [0, 0.1) is 0 Å². The van der Waals surface area contributed by atoms with Gasteiger partial charge in [0.25, 0.3) is 0 Å². The minimum atomic E-state index is -0.0282. The van der Waals surface area contributed by atoms with Gasteiger partial charge < -0.3 is 15.6 Å². The highest BCUT2D eigenvalue weighted by molar-refractivity contribution is 5.20. The molecule has 0 aliphatic carbocycles. The first-order chi connectivity index (χ1) is 7.29. The molecule has 2 atom stereocenters. The standard InChI is InChI=1S/C12H19NO2/c1-10(11-5-3-2-4-6-11)12(9-13)15-8-7-14/h2-6,10,12,14H,7-9,13H2,1H3. The van der Waals surface area contributed by atoms with Crippen LogP contribution in [0.2, 0.25) is 0 Å². The van der Waals surface area contributed by atoms with Crippen molar-refractivity contribution in [1.82, 2.24) is 0 Å². The molecule has 0 saturated carbocycles. The topological polar surface area (TPSA) is 55.5 Å². The van der Waals surface area contributed by atoms with Gasteiger partial charge in [-0.1, -0.05) is 37.3 Å². The summed E-state index contributed by atoms with van der Waals surface area (Å²) >= 11 is 0. The highest BCUT2D eigenvalue weighted by atomic mass is 16.5. The van der Waals surface area contributed by atoms with Gasteiger partial charge in [0.1, 0.15) is 0 Å². The lowest BCUT2D eigenvalue weighted by molar-refractivity contribution is 0.0213. The van der Waals surface area contributed by atoms with E-state index in [1.165, 1.54) is 5.56 Å². The Hall–Kier alpha value is -0.900. The Morgan fingerprint density at radius 3 is 2.53 bits per heavy atom. The molecule has 1 aromatic carbocycles. The maximum atomic E-state index is 8.70. The van der Waals surface area contributed by atoms with Crippen LogP contribution in [-0.2, 0) is 4.74 Å². The Balaban J connectivity index is 2.60. The van der Waals surface area contributed by atoms with Crippen molar-refractivity contribution in [3.05, 3.63) is 35.9 Å². The second-order valence-corrected chi connectivity index (χ2v) is 3.57. The smallest absolute Gasteiger partial charge is 0.0764 e. The molecule has 1 rings (SSSR count). The third kappa shape index (κ3) is 3.63. The third-order valence-electron chi connectivity index (χ3n) is 2.54. The van der Waals surface area contributed by atoms with Gasteiger partial charge in [-0.2, -0.15) is 0 Å². The molecule has 0 spiro atoms. The summed E-state index contributed by atoms with van der Waals surface area (Å²) in [5.74, 6) is 0.253. The second kappa shape index (κ2) is 6.56. The first-order valence-corrected chi connectivity index (χ1v) is 5.27. The normalized spacial score (nSPS) is 14.9. The molecule has 84 valence electrons. The van der Waals surface area contributed by atoms with Crippen LogP contribution in [0.4, 0.5) is 0 Å². The van der Waals surface area contributed by atoms with Gasteiger partial charge in [-0.25, -0.2) is 0 Å². The van der Waals surface area contributed by atoms with Crippen molar-refractivity contribution in [2.45, 2.75) is 18.9 Å². The predicted octanol–water partition coefficient (Wildman–Crippen LogP) is 1.13. The molecule has 15 heavy (non-hydrogen) atoms. The maximum Gasteiger partial charge on any atom is 0.0764 e. The molecule has 0 fully saturated rings. The molecule has 0 radical (unpaired) electrons. The zero-order valence-corrected chi connectivity index (χ0v) is 9.10. The number of aliphatic hydroxyl groups excluding tert-OH is 1. The third-order valence-corrected chi connectivity index (χ3v) is 2.54. The molecular formula is C12H19NO2. The highest BCUT2D eigenvalue weighted by Gasteiger charge is 2.17. The number of ether oxygens (including phenoxy) is 1. The van der Waals surface area contributed by atoms with Gasteiger partial charge in [-0.05, 0) is 5.56 Å². The van der Waals surface area contributed by atoms with Crippen LogP contribution in [-0.4, -0.2) is 31.0 Å². The number of hydrogen-bond donors (Lipinski definition) is 2. The zero-order chi connectivity index (χ0) is 11.1. The monoisotopic (exact) mass is 209 g/mol. The van der Waals surface area contributed by atoms with Crippen molar-refractivity contribution >= 4 is 0 Å². The average molecular weight is 209 g/mol. The fourth-order valence-corrected chi connectivity index (χ4v) is 1.59. The first kappa shape index (κ1) is 12.2. The summed E-state index contributed by atoms with van der Waals surface area (Å²) in [6.45, 7) is 2.94. The van der Waals surface area contributed by atoms with Crippen molar-refractivity contribution in [3.63, 3.8) is 0 Å².